The number of carbonyl (C=O) groups excluding carboxylic acids is 2. The van der Waals surface area contributed by atoms with Crippen LogP contribution in [0.1, 0.15) is 28.4 Å². The van der Waals surface area contributed by atoms with Crippen molar-refractivity contribution in [2.45, 2.75) is 18.5 Å². The van der Waals surface area contributed by atoms with E-state index >= 15 is 0 Å². The van der Waals surface area contributed by atoms with Crippen molar-refractivity contribution in [2.75, 3.05) is 19.7 Å². The summed E-state index contributed by atoms with van der Waals surface area (Å²) in [6.45, 7) is -0.0358. The Hall–Kier alpha value is -4.32. The smallest absolute Gasteiger partial charge is 0.328 e. The van der Waals surface area contributed by atoms with Gasteiger partial charge in [0, 0.05) is 24.6 Å². The number of carboxylic acid groups (broad SMARTS) is 1. The first-order valence-corrected chi connectivity index (χ1v) is 13.3. The number of ether oxygens (including phenoxy) is 1. The third-order valence-corrected chi connectivity index (χ3v) is 6.88. The van der Waals surface area contributed by atoms with Gasteiger partial charge in [-0.25, -0.2) is 9.79 Å². The summed E-state index contributed by atoms with van der Waals surface area (Å²) in [5.41, 5.74) is 13.7. The van der Waals surface area contributed by atoms with Crippen molar-refractivity contribution >= 4 is 52.6 Å². The third kappa shape index (κ3) is 7.66. The first-order valence-electron chi connectivity index (χ1n) is 12.6. The topological polar surface area (TPSA) is 181 Å². The highest BCUT2D eigenvalue weighted by Gasteiger charge is 2.26. The first-order chi connectivity index (χ1) is 19.6. The Balaban J connectivity index is 1.35. The zero-order valence-corrected chi connectivity index (χ0v) is 23.2. The Bertz CT molecular complexity index is 1460. The maximum atomic E-state index is 12.9. The van der Waals surface area contributed by atoms with Crippen LogP contribution in [-0.2, 0) is 9.59 Å². The Morgan fingerprint density at radius 3 is 2.39 bits per heavy atom. The molecule has 8 N–H and O–H groups in total. The van der Waals surface area contributed by atoms with E-state index in [1.165, 1.54) is 0 Å². The molecule has 1 aliphatic rings. The standard InChI is InChI=1S/C28H28Cl2N6O5/c29-19-10-16(15-4-2-1-3-5-15)11-20(30)25(19)26(38)36-22(27(39)40)13-34-24(37)14-33-21-8-9-41-23-7-6-17(12-18(21)23)35-28(31)32/h1-7,10-12,21-22,33H,8-9,13-14H2,(H,34,37)(H,36,38)(H,39,40)(H4,31,32,35). The lowest BCUT2D eigenvalue weighted by Crippen LogP contribution is -2.49. The van der Waals surface area contributed by atoms with Gasteiger partial charge in [-0.15, -0.1) is 0 Å². The number of aliphatic carboxylic acids is 1. The minimum atomic E-state index is -1.43. The second-order valence-corrected chi connectivity index (χ2v) is 9.99. The summed E-state index contributed by atoms with van der Waals surface area (Å²) in [6.07, 6.45) is 0.587. The summed E-state index contributed by atoms with van der Waals surface area (Å²) in [5, 5.41) is 17.8. The van der Waals surface area contributed by atoms with Crippen LogP contribution in [0.25, 0.3) is 11.1 Å². The van der Waals surface area contributed by atoms with E-state index in [4.69, 9.17) is 39.4 Å². The Morgan fingerprint density at radius 2 is 1.73 bits per heavy atom. The maximum Gasteiger partial charge on any atom is 0.328 e. The van der Waals surface area contributed by atoms with Crippen LogP contribution in [0.2, 0.25) is 10.0 Å². The van der Waals surface area contributed by atoms with Gasteiger partial charge in [-0.05, 0) is 41.5 Å². The molecule has 1 heterocycles. The molecule has 3 aromatic rings. The number of guanidine groups is 1. The average Bonchev–Trinajstić information content (AvgIpc) is 2.93. The van der Waals surface area contributed by atoms with Crippen molar-refractivity contribution in [1.82, 2.24) is 16.0 Å². The number of hydrogen-bond acceptors (Lipinski definition) is 6. The number of nitrogens with one attached hydrogen (secondary N) is 3. The summed E-state index contributed by atoms with van der Waals surface area (Å²) < 4.78 is 5.67. The summed E-state index contributed by atoms with van der Waals surface area (Å²) >= 11 is 12.7. The first kappa shape index (κ1) is 29.7. The van der Waals surface area contributed by atoms with Gasteiger partial charge in [-0.1, -0.05) is 53.5 Å². The molecule has 214 valence electrons. The molecule has 0 saturated carbocycles. The molecule has 2 atom stereocenters. The van der Waals surface area contributed by atoms with Crippen LogP contribution in [0.3, 0.4) is 0 Å². The number of nitrogens with two attached hydrogens (primary N) is 2. The van der Waals surface area contributed by atoms with Crippen LogP contribution in [0.5, 0.6) is 5.75 Å². The Morgan fingerprint density at radius 1 is 1.02 bits per heavy atom. The van der Waals surface area contributed by atoms with Crippen LogP contribution in [0.4, 0.5) is 5.69 Å². The van der Waals surface area contributed by atoms with Crippen molar-refractivity contribution in [1.29, 1.82) is 0 Å². The molecule has 0 bridgehead atoms. The van der Waals surface area contributed by atoms with Crippen molar-refractivity contribution in [3.8, 4) is 16.9 Å². The average molecular weight is 599 g/mol. The van der Waals surface area contributed by atoms with Gasteiger partial charge >= 0.3 is 5.97 Å². The quantitative estimate of drug-likeness (QED) is 0.152. The number of halogens is 2. The molecule has 13 heteroatoms. The van der Waals surface area contributed by atoms with Gasteiger partial charge in [0.2, 0.25) is 5.91 Å². The van der Waals surface area contributed by atoms with Gasteiger partial charge < -0.3 is 37.3 Å². The predicted molar refractivity (Wildman–Crippen MR) is 157 cm³/mol. The zero-order valence-electron chi connectivity index (χ0n) is 21.7. The van der Waals surface area contributed by atoms with Gasteiger partial charge in [-0.2, -0.15) is 0 Å². The van der Waals surface area contributed by atoms with E-state index in [9.17, 15) is 19.5 Å². The lowest BCUT2D eigenvalue weighted by Gasteiger charge is -2.27. The third-order valence-electron chi connectivity index (χ3n) is 6.28. The maximum absolute atomic E-state index is 12.9. The number of aliphatic imine (C=N–C) groups is 1. The highest BCUT2D eigenvalue weighted by Crippen LogP contribution is 2.35. The van der Waals surface area contributed by atoms with Crippen molar-refractivity contribution in [3.63, 3.8) is 0 Å². The molecule has 11 nitrogen and oxygen atoms in total. The van der Waals surface area contributed by atoms with Crippen molar-refractivity contribution in [2.24, 2.45) is 16.5 Å². The van der Waals surface area contributed by atoms with Gasteiger partial charge in [0.25, 0.3) is 5.91 Å². The summed E-state index contributed by atoms with van der Waals surface area (Å²) in [7, 11) is 0. The summed E-state index contributed by atoms with van der Waals surface area (Å²) in [5.74, 6) is -2.03. The molecule has 3 aromatic carbocycles. The second-order valence-electron chi connectivity index (χ2n) is 9.18. The Kier molecular flexibility index (Phi) is 9.66. The van der Waals surface area contributed by atoms with Gasteiger partial charge in [0.05, 0.1) is 34.4 Å². The van der Waals surface area contributed by atoms with Crippen molar-refractivity contribution in [3.05, 3.63) is 81.8 Å². The molecular weight excluding hydrogens is 571 g/mol. The minimum Gasteiger partial charge on any atom is -0.493 e. The highest BCUT2D eigenvalue weighted by atomic mass is 35.5. The highest BCUT2D eigenvalue weighted by molar-refractivity contribution is 6.40. The zero-order chi connectivity index (χ0) is 29.5. The Labute approximate surface area is 245 Å². The number of carbonyl (C=O) groups is 3. The number of fused-ring (bicyclic) bond motifs is 1. The second kappa shape index (κ2) is 13.4. The molecule has 0 aromatic heterocycles. The van der Waals surface area contributed by atoms with Crippen LogP contribution in [0, 0.1) is 0 Å². The van der Waals surface area contributed by atoms with Crippen LogP contribution in [0.15, 0.2) is 65.7 Å². The van der Waals surface area contributed by atoms with Gasteiger partial charge in [-0.3, -0.25) is 9.59 Å². The van der Waals surface area contributed by atoms with Gasteiger partial charge in [0.1, 0.15) is 11.8 Å². The fourth-order valence-electron chi connectivity index (χ4n) is 4.32. The van der Waals surface area contributed by atoms with Crippen LogP contribution < -0.4 is 32.2 Å². The molecule has 2 amide bonds. The molecule has 0 saturated heterocycles. The summed E-state index contributed by atoms with van der Waals surface area (Å²) in [4.78, 5) is 41.4. The van der Waals surface area contributed by atoms with Crippen molar-refractivity contribution < 1.29 is 24.2 Å². The van der Waals surface area contributed by atoms with E-state index < -0.39 is 23.8 Å². The molecule has 0 fully saturated rings. The number of nitrogens with zero attached hydrogens (tertiary/aromatic N) is 1. The molecule has 41 heavy (non-hydrogen) atoms. The molecule has 0 spiro atoms. The summed E-state index contributed by atoms with van der Waals surface area (Å²) in [6, 6.07) is 16.0. The lowest BCUT2D eigenvalue weighted by molar-refractivity contribution is -0.139. The molecular formula is C28H28Cl2N6O5. The van der Waals surface area contributed by atoms with Crippen LogP contribution >= 0.6 is 23.2 Å². The number of hydrogen-bond donors (Lipinski definition) is 6. The molecule has 2 unspecified atom stereocenters. The SMILES string of the molecule is NC(N)=Nc1ccc2c(c1)C(NCC(=O)NCC(NC(=O)c1c(Cl)cc(-c3ccccc3)cc1Cl)C(=O)O)CCO2. The number of amides is 2. The largest absolute Gasteiger partial charge is 0.493 e. The normalized spacial score (nSPS) is 14.6. The fourth-order valence-corrected chi connectivity index (χ4v) is 4.98. The van der Waals surface area contributed by atoms with E-state index in [-0.39, 0.29) is 40.7 Å². The van der Waals surface area contributed by atoms with E-state index in [0.717, 1.165) is 11.1 Å². The number of rotatable bonds is 10. The van der Waals surface area contributed by atoms with E-state index in [1.54, 1.807) is 30.3 Å². The molecule has 0 radical (unpaired) electrons. The van der Waals surface area contributed by atoms with E-state index in [2.05, 4.69) is 20.9 Å². The number of carboxylic acids is 1. The van der Waals surface area contributed by atoms with E-state index in [1.807, 2.05) is 30.3 Å². The number of benzene rings is 3. The van der Waals surface area contributed by atoms with E-state index in [0.29, 0.717) is 30.0 Å². The molecule has 0 aliphatic carbocycles. The molecule has 1 aliphatic heterocycles. The van der Waals surface area contributed by atoms with Gasteiger partial charge in [0.15, 0.2) is 5.96 Å². The minimum absolute atomic E-state index is 0.0611. The van der Waals surface area contributed by atoms with Crippen LogP contribution in [-0.4, -0.2) is 54.6 Å². The fraction of sp³-hybridized carbons (Fsp3) is 0.214. The lowest BCUT2D eigenvalue weighted by atomic mass is 10.00. The predicted octanol–water partition coefficient (Wildman–Crippen LogP) is 2.98. The monoisotopic (exact) mass is 598 g/mol. The molecule has 4 rings (SSSR count).